The predicted octanol–water partition coefficient (Wildman–Crippen LogP) is 0.142. The van der Waals surface area contributed by atoms with E-state index in [-0.39, 0.29) is 18.7 Å². The van der Waals surface area contributed by atoms with E-state index in [0.717, 1.165) is 17.0 Å². The van der Waals surface area contributed by atoms with Crippen molar-refractivity contribution in [1.29, 1.82) is 0 Å². The van der Waals surface area contributed by atoms with Crippen LogP contribution in [0.5, 0.6) is 0 Å². The number of hydrogen-bond acceptors (Lipinski definition) is 3. The van der Waals surface area contributed by atoms with Gasteiger partial charge in [-0.1, -0.05) is 0 Å². The third kappa shape index (κ3) is 2.42. The number of likely N-dealkylation sites (tertiary alicyclic amines) is 1. The van der Waals surface area contributed by atoms with Crippen LogP contribution in [-0.2, 0) is 0 Å². The molecule has 2 atom stereocenters. The zero-order valence-electron chi connectivity index (χ0n) is 8.81. The van der Waals surface area contributed by atoms with Crippen LogP contribution in [0, 0.1) is 11.6 Å². The van der Waals surface area contributed by atoms with Gasteiger partial charge in [-0.2, -0.15) is 0 Å². The van der Waals surface area contributed by atoms with Crippen LogP contribution in [0.25, 0.3) is 0 Å². The molecule has 1 aliphatic rings. The molecule has 0 spiro atoms. The van der Waals surface area contributed by atoms with E-state index in [0.29, 0.717) is 6.07 Å². The number of carbonyl (C=O) groups is 1. The van der Waals surface area contributed by atoms with Gasteiger partial charge >= 0.3 is 0 Å². The molecule has 0 saturated carbocycles. The van der Waals surface area contributed by atoms with Gasteiger partial charge in [0.15, 0.2) is 0 Å². The topological polar surface area (TPSA) is 60.8 Å². The summed E-state index contributed by atoms with van der Waals surface area (Å²) in [7, 11) is 0. The molecule has 1 aromatic rings. The lowest BCUT2D eigenvalue weighted by Crippen LogP contribution is -2.29. The SMILES string of the molecule is O=C(c1cc(F)cc(F)c1)N1C[C@@H](O)[C@@H](O)C1. The summed E-state index contributed by atoms with van der Waals surface area (Å²) >= 11 is 0. The number of halogens is 2. The van der Waals surface area contributed by atoms with Crippen molar-refractivity contribution in [2.45, 2.75) is 12.2 Å². The first-order valence-corrected chi connectivity index (χ1v) is 5.09. The summed E-state index contributed by atoms with van der Waals surface area (Å²) in [6.07, 6.45) is -2.03. The van der Waals surface area contributed by atoms with Crippen LogP contribution in [0.2, 0.25) is 0 Å². The molecule has 0 unspecified atom stereocenters. The fourth-order valence-electron chi connectivity index (χ4n) is 1.80. The van der Waals surface area contributed by atoms with E-state index >= 15 is 0 Å². The standard InChI is InChI=1S/C11H11F2NO3/c12-7-1-6(2-8(13)3-7)11(17)14-4-9(15)10(16)5-14/h1-3,9-10,15-16H,4-5H2/t9-,10+. The number of benzene rings is 1. The van der Waals surface area contributed by atoms with E-state index in [1.165, 1.54) is 0 Å². The van der Waals surface area contributed by atoms with Gasteiger partial charge in [-0.05, 0) is 12.1 Å². The zero-order chi connectivity index (χ0) is 12.6. The monoisotopic (exact) mass is 243 g/mol. The Balaban J connectivity index is 2.20. The number of nitrogens with zero attached hydrogens (tertiary/aromatic N) is 1. The van der Waals surface area contributed by atoms with Gasteiger partial charge in [0.05, 0.1) is 12.2 Å². The second-order valence-corrected chi connectivity index (χ2v) is 4.00. The number of β-amino-alcohol motifs (C(OH)–C–C–N with tert-alkyl or cyclic N) is 2. The lowest BCUT2D eigenvalue weighted by atomic mass is 10.2. The van der Waals surface area contributed by atoms with E-state index in [1.807, 2.05) is 0 Å². The third-order valence-corrected chi connectivity index (χ3v) is 2.66. The molecule has 2 N–H and O–H groups in total. The second kappa shape index (κ2) is 4.38. The van der Waals surface area contributed by atoms with Crippen LogP contribution in [0.1, 0.15) is 10.4 Å². The number of hydrogen-bond donors (Lipinski definition) is 2. The van der Waals surface area contributed by atoms with E-state index in [2.05, 4.69) is 0 Å². The van der Waals surface area contributed by atoms with Crippen molar-refractivity contribution >= 4 is 5.91 Å². The fourth-order valence-corrected chi connectivity index (χ4v) is 1.80. The number of carbonyl (C=O) groups excluding carboxylic acids is 1. The Labute approximate surface area is 96.1 Å². The molecule has 6 heteroatoms. The molecule has 0 radical (unpaired) electrons. The molecule has 2 rings (SSSR count). The molecule has 0 aromatic heterocycles. The molecule has 92 valence electrons. The molecule has 1 amide bonds. The average Bonchev–Trinajstić information content (AvgIpc) is 2.57. The summed E-state index contributed by atoms with van der Waals surface area (Å²) in [4.78, 5) is 13.0. The van der Waals surface area contributed by atoms with Crippen LogP contribution in [0.4, 0.5) is 8.78 Å². The highest BCUT2D eigenvalue weighted by molar-refractivity contribution is 5.94. The molecule has 4 nitrogen and oxygen atoms in total. The second-order valence-electron chi connectivity index (χ2n) is 4.00. The Bertz CT molecular complexity index is 422. The van der Waals surface area contributed by atoms with Crippen molar-refractivity contribution in [3.05, 3.63) is 35.4 Å². The molecule has 1 saturated heterocycles. The first kappa shape index (κ1) is 11.9. The molecule has 0 bridgehead atoms. The zero-order valence-corrected chi connectivity index (χ0v) is 8.81. The highest BCUT2D eigenvalue weighted by Gasteiger charge is 2.33. The molecule has 1 fully saturated rings. The third-order valence-electron chi connectivity index (χ3n) is 2.66. The summed E-state index contributed by atoms with van der Waals surface area (Å²) in [6.45, 7) is -0.0870. The van der Waals surface area contributed by atoms with Crippen molar-refractivity contribution in [3.63, 3.8) is 0 Å². The van der Waals surface area contributed by atoms with Crippen molar-refractivity contribution in [3.8, 4) is 0 Å². The first-order valence-electron chi connectivity index (χ1n) is 5.09. The minimum Gasteiger partial charge on any atom is -0.388 e. The average molecular weight is 243 g/mol. The molecule has 0 aliphatic carbocycles. The Morgan fingerprint density at radius 1 is 1.12 bits per heavy atom. The van der Waals surface area contributed by atoms with Gasteiger partial charge in [-0.3, -0.25) is 4.79 Å². The lowest BCUT2D eigenvalue weighted by molar-refractivity contribution is 0.0572. The maximum atomic E-state index is 12.9. The van der Waals surface area contributed by atoms with Gasteiger partial charge in [-0.25, -0.2) is 8.78 Å². The fraction of sp³-hybridized carbons (Fsp3) is 0.364. The number of amides is 1. The van der Waals surface area contributed by atoms with Gasteiger partial charge in [0.1, 0.15) is 11.6 Å². The van der Waals surface area contributed by atoms with Crippen LogP contribution in [-0.4, -0.2) is 46.3 Å². The van der Waals surface area contributed by atoms with E-state index in [9.17, 15) is 23.8 Å². The number of rotatable bonds is 1. The van der Waals surface area contributed by atoms with Crippen LogP contribution < -0.4 is 0 Å². The molecule has 1 aromatic carbocycles. The minimum atomic E-state index is -1.02. The summed E-state index contributed by atoms with van der Waals surface area (Å²) in [5.74, 6) is -2.29. The largest absolute Gasteiger partial charge is 0.388 e. The maximum Gasteiger partial charge on any atom is 0.254 e. The van der Waals surface area contributed by atoms with Gasteiger partial charge in [0, 0.05) is 24.7 Å². The summed E-state index contributed by atoms with van der Waals surface area (Å²) < 4.78 is 25.8. The van der Waals surface area contributed by atoms with Gasteiger partial charge in [-0.15, -0.1) is 0 Å². The van der Waals surface area contributed by atoms with E-state index < -0.39 is 29.7 Å². The Morgan fingerprint density at radius 3 is 2.06 bits per heavy atom. The maximum absolute atomic E-state index is 12.9. The first-order chi connectivity index (χ1) is 7.97. The van der Waals surface area contributed by atoms with Gasteiger partial charge in [0.25, 0.3) is 5.91 Å². The number of aliphatic hydroxyl groups is 2. The summed E-state index contributed by atoms with van der Waals surface area (Å²) in [6, 6.07) is 2.51. The molecule has 17 heavy (non-hydrogen) atoms. The Kier molecular flexibility index (Phi) is 3.08. The molecule has 1 aliphatic heterocycles. The summed E-state index contributed by atoms with van der Waals surface area (Å²) in [5.41, 5.74) is -0.135. The van der Waals surface area contributed by atoms with Crippen LogP contribution in [0.15, 0.2) is 18.2 Å². The van der Waals surface area contributed by atoms with Gasteiger partial charge < -0.3 is 15.1 Å². The van der Waals surface area contributed by atoms with E-state index in [4.69, 9.17) is 0 Å². The Hall–Kier alpha value is -1.53. The van der Waals surface area contributed by atoms with E-state index in [1.54, 1.807) is 0 Å². The molecular formula is C11H11F2NO3. The minimum absolute atomic E-state index is 0.0435. The quantitative estimate of drug-likeness (QED) is 0.737. The highest BCUT2D eigenvalue weighted by Crippen LogP contribution is 2.16. The molecular weight excluding hydrogens is 232 g/mol. The lowest BCUT2D eigenvalue weighted by Gasteiger charge is -2.15. The van der Waals surface area contributed by atoms with Crippen molar-refractivity contribution < 1.29 is 23.8 Å². The normalized spacial score (nSPS) is 24.1. The number of aliphatic hydroxyl groups excluding tert-OH is 2. The van der Waals surface area contributed by atoms with Crippen molar-refractivity contribution in [2.75, 3.05) is 13.1 Å². The van der Waals surface area contributed by atoms with Crippen molar-refractivity contribution in [2.24, 2.45) is 0 Å². The summed E-state index contributed by atoms with van der Waals surface area (Å²) in [5, 5.41) is 18.6. The predicted molar refractivity (Wildman–Crippen MR) is 54.3 cm³/mol. The van der Waals surface area contributed by atoms with Crippen molar-refractivity contribution in [1.82, 2.24) is 4.90 Å². The van der Waals surface area contributed by atoms with Crippen LogP contribution in [0.3, 0.4) is 0 Å². The highest BCUT2D eigenvalue weighted by atomic mass is 19.1. The molecule has 1 heterocycles. The van der Waals surface area contributed by atoms with Gasteiger partial charge in [0.2, 0.25) is 0 Å². The van der Waals surface area contributed by atoms with Crippen LogP contribution >= 0.6 is 0 Å². The Morgan fingerprint density at radius 2 is 1.59 bits per heavy atom. The smallest absolute Gasteiger partial charge is 0.254 e.